The molecule has 0 saturated carbocycles. The summed E-state index contributed by atoms with van der Waals surface area (Å²) in [6.45, 7) is 12.5. The van der Waals surface area contributed by atoms with Crippen molar-refractivity contribution in [2.24, 2.45) is 10.2 Å². The quantitative estimate of drug-likeness (QED) is 0.109. The van der Waals surface area contributed by atoms with Gasteiger partial charge in [-0.15, -0.1) is 0 Å². The van der Waals surface area contributed by atoms with E-state index in [0.717, 1.165) is 18.8 Å². The first-order chi connectivity index (χ1) is 15.0. The van der Waals surface area contributed by atoms with Gasteiger partial charge in [0, 0.05) is 12.1 Å². The molecule has 0 N–H and O–H groups in total. The molecule has 0 fully saturated rings. The highest BCUT2D eigenvalue weighted by Gasteiger charge is 2.19. The standard InChI is InChI=1S/C24H35N4O3/c1-4-28(5-2,6-3)19-9-7-8-10-20-31-24-17-13-22(14-18-24)26-25-21-11-15-23(16-12-21)27(29)30/h11-18H,4-10,19-20H2,1-3H3/q+1. The van der Waals surface area contributed by atoms with Crippen LogP contribution in [0.15, 0.2) is 58.8 Å². The largest absolute Gasteiger partial charge is 0.494 e. The number of hydrogen-bond donors (Lipinski definition) is 0. The van der Waals surface area contributed by atoms with Crippen molar-refractivity contribution in [2.45, 2.75) is 46.5 Å². The van der Waals surface area contributed by atoms with Crippen LogP contribution in [0.2, 0.25) is 0 Å². The van der Waals surface area contributed by atoms with Crippen LogP contribution in [0.25, 0.3) is 0 Å². The molecule has 0 radical (unpaired) electrons. The monoisotopic (exact) mass is 427 g/mol. The first-order valence-corrected chi connectivity index (χ1v) is 11.3. The molecule has 0 aliphatic heterocycles. The fraction of sp³-hybridized carbons (Fsp3) is 0.500. The Morgan fingerprint density at radius 2 is 1.32 bits per heavy atom. The molecule has 0 spiro atoms. The van der Waals surface area contributed by atoms with Gasteiger partial charge in [0.15, 0.2) is 0 Å². The second-order valence-corrected chi connectivity index (χ2v) is 7.74. The van der Waals surface area contributed by atoms with Crippen LogP contribution in [0.5, 0.6) is 5.75 Å². The Balaban J connectivity index is 1.67. The van der Waals surface area contributed by atoms with Gasteiger partial charge in [0.1, 0.15) is 5.75 Å². The predicted molar refractivity (Wildman–Crippen MR) is 124 cm³/mol. The molecule has 0 unspecified atom stereocenters. The van der Waals surface area contributed by atoms with Crippen molar-refractivity contribution >= 4 is 17.1 Å². The average molecular weight is 428 g/mol. The van der Waals surface area contributed by atoms with Crippen molar-refractivity contribution in [2.75, 3.05) is 32.8 Å². The molecule has 0 atom stereocenters. The van der Waals surface area contributed by atoms with E-state index < -0.39 is 4.92 Å². The Kier molecular flexibility index (Phi) is 10.1. The van der Waals surface area contributed by atoms with Crippen LogP contribution in [0.1, 0.15) is 46.5 Å². The highest BCUT2D eigenvalue weighted by atomic mass is 16.6. The molecule has 7 nitrogen and oxygen atoms in total. The molecule has 0 bridgehead atoms. The SMILES string of the molecule is CC[N+](CC)(CC)CCCCCCOc1ccc(N=Nc2ccc([N+](=O)[O-])cc2)cc1. The first kappa shape index (κ1) is 24.5. The third kappa shape index (κ3) is 8.09. The third-order valence-corrected chi connectivity index (χ3v) is 5.99. The lowest BCUT2D eigenvalue weighted by Crippen LogP contribution is -2.48. The molecule has 0 aromatic heterocycles. The van der Waals surface area contributed by atoms with Crippen molar-refractivity contribution in [1.29, 1.82) is 0 Å². The highest BCUT2D eigenvalue weighted by molar-refractivity contribution is 5.45. The molecule has 0 amide bonds. The maximum Gasteiger partial charge on any atom is 0.269 e. The minimum Gasteiger partial charge on any atom is -0.494 e. The number of nitro benzene ring substituents is 1. The summed E-state index contributed by atoms with van der Waals surface area (Å²) in [5.41, 5.74) is 1.31. The van der Waals surface area contributed by atoms with Gasteiger partial charge in [0.25, 0.3) is 5.69 Å². The van der Waals surface area contributed by atoms with Crippen molar-refractivity contribution in [3.63, 3.8) is 0 Å². The van der Waals surface area contributed by atoms with Crippen molar-refractivity contribution < 1.29 is 14.1 Å². The summed E-state index contributed by atoms with van der Waals surface area (Å²) < 4.78 is 7.06. The van der Waals surface area contributed by atoms with E-state index in [0.29, 0.717) is 11.4 Å². The number of nitro groups is 1. The summed E-state index contributed by atoms with van der Waals surface area (Å²) in [5.74, 6) is 0.827. The van der Waals surface area contributed by atoms with Gasteiger partial charge in [-0.3, -0.25) is 10.1 Å². The molecule has 2 rings (SSSR count). The molecule has 0 aliphatic rings. The molecule has 0 saturated heterocycles. The highest BCUT2D eigenvalue weighted by Crippen LogP contribution is 2.23. The van der Waals surface area contributed by atoms with Crippen LogP contribution >= 0.6 is 0 Å². The number of non-ortho nitro benzene ring substituents is 1. The van der Waals surface area contributed by atoms with Gasteiger partial charge in [-0.05, 0) is 82.9 Å². The summed E-state index contributed by atoms with van der Waals surface area (Å²) >= 11 is 0. The molecule has 2 aromatic rings. The van der Waals surface area contributed by atoms with E-state index in [1.165, 1.54) is 62.1 Å². The van der Waals surface area contributed by atoms with Crippen LogP contribution in [-0.4, -0.2) is 42.2 Å². The van der Waals surface area contributed by atoms with Gasteiger partial charge in [-0.1, -0.05) is 0 Å². The fourth-order valence-corrected chi connectivity index (χ4v) is 3.60. The number of quaternary nitrogens is 1. The van der Waals surface area contributed by atoms with Crippen LogP contribution in [0.3, 0.4) is 0 Å². The zero-order valence-corrected chi connectivity index (χ0v) is 19.0. The normalized spacial score (nSPS) is 11.7. The number of hydrogen-bond acceptors (Lipinski definition) is 5. The van der Waals surface area contributed by atoms with Gasteiger partial charge in [-0.2, -0.15) is 10.2 Å². The van der Waals surface area contributed by atoms with Gasteiger partial charge in [0.05, 0.1) is 49.1 Å². The first-order valence-electron chi connectivity index (χ1n) is 11.3. The van der Waals surface area contributed by atoms with E-state index in [2.05, 4.69) is 31.0 Å². The molecule has 0 aliphatic carbocycles. The molecule has 168 valence electrons. The van der Waals surface area contributed by atoms with Crippen molar-refractivity contribution in [3.8, 4) is 5.75 Å². The van der Waals surface area contributed by atoms with E-state index >= 15 is 0 Å². The molecule has 31 heavy (non-hydrogen) atoms. The summed E-state index contributed by atoms with van der Waals surface area (Å²) in [4.78, 5) is 10.2. The van der Waals surface area contributed by atoms with Gasteiger partial charge in [0.2, 0.25) is 0 Å². The molecular formula is C24H35N4O3+. The topological polar surface area (TPSA) is 77.1 Å². The lowest BCUT2D eigenvalue weighted by Gasteiger charge is -2.35. The van der Waals surface area contributed by atoms with Crippen LogP contribution in [0.4, 0.5) is 17.1 Å². The van der Waals surface area contributed by atoms with Crippen LogP contribution in [-0.2, 0) is 0 Å². The Labute approximate surface area is 185 Å². The number of ether oxygens (including phenoxy) is 1. The third-order valence-electron chi connectivity index (χ3n) is 5.99. The summed E-state index contributed by atoms with van der Waals surface area (Å²) in [6.07, 6.45) is 4.79. The smallest absolute Gasteiger partial charge is 0.269 e. The second kappa shape index (κ2) is 12.8. The van der Waals surface area contributed by atoms with Gasteiger partial charge >= 0.3 is 0 Å². The van der Waals surface area contributed by atoms with E-state index in [1.54, 1.807) is 12.1 Å². The Morgan fingerprint density at radius 3 is 1.84 bits per heavy atom. The second-order valence-electron chi connectivity index (χ2n) is 7.74. The number of benzene rings is 2. The Morgan fingerprint density at radius 1 is 0.806 bits per heavy atom. The van der Waals surface area contributed by atoms with Crippen molar-refractivity contribution in [3.05, 3.63) is 58.6 Å². The van der Waals surface area contributed by atoms with Crippen LogP contribution in [0, 0.1) is 10.1 Å². The number of unbranched alkanes of at least 4 members (excludes halogenated alkanes) is 3. The number of nitrogens with zero attached hydrogens (tertiary/aromatic N) is 4. The summed E-state index contributed by atoms with van der Waals surface area (Å²) in [5, 5.41) is 18.9. The molecule has 7 heteroatoms. The minimum atomic E-state index is -0.436. The molecule has 0 heterocycles. The lowest BCUT2D eigenvalue weighted by molar-refractivity contribution is -0.923. The Bertz CT molecular complexity index is 807. The fourth-order valence-electron chi connectivity index (χ4n) is 3.60. The van der Waals surface area contributed by atoms with Gasteiger partial charge < -0.3 is 9.22 Å². The number of rotatable bonds is 14. The maximum absolute atomic E-state index is 10.7. The Hall–Kier alpha value is -2.80. The maximum atomic E-state index is 10.7. The molecule has 2 aromatic carbocycles. The predicted octanol–water partition coefficient (Wildman–Crippen LogP) is 6.83. The molecular weight excluding hydrogens is 392 g/mol. The summed E-state index contributed by atoms with van der Waals surface area (Å²) in [6, 6.07) is 13.5. The lowest BCUT2D eigenvalue weighted by atomic mass is 10.1. The zero-order valence-electron chi connectivity index (χ0n) is 19.0. The van der Waals surface area contributed by atoms with E-state index in [-0.39, 0.29) is 5.69 Å². The van der Waals surface area contributed by atoms with Gasteiger partial charge in [-0.25, -0.2) is 0 Å². The minimum absolute atomic E-state index is 0.0376. The summed E-state index contributed by atoms with van der Waals surface area (Å²) in [7, 11) is 0. The van der Waals surface area contributed by atoms with Crippen LogP contribution < -0.4 is 4.74 Å². The average Bonchev–Trinajstić information content (AvgIpc) is 2.81. The zero-order chi connectivity index (χ0) is 22.5. The number of azo groups is 1. The van der Waals surface area contributed by atoms with E-state index in [4.69, 9.17) is 4.74 Å². The van der Waals surface area contributed by atoms with E-state index in [1.807, 2.05) is 24.3 Å². The van der Waals surface area contributed by atoms with Crippen molar-refractivity contribution in [1.82, 2.24) is 0 Å². The van der Waals surface area contributed by atoms with E-state index in [9.17, 15) is 10.1 Å².